The van der Waals surface area contributed by atoms with Gasteiger partial charge in [-0.1, -0.05) is 13.3 Å². The van der Waals surface area contributed by atoms with Crippen LogP contribution in [0.25, 0.3) is 10.2 Å². The van der Waals surface area contributed by atoms with Crippen molar-refractivity contribution in [1.82, 2.24) is 9.88 Å². The van der Waals surface area contributed by atoms with Crippen molar-refractivity contribution >= 4 is 44.9 Å². The summed E-state index contributed by atoms with van der Waals surface area (Å²) < 4.78 is 0. The van der Waals surface area contributed by atoms with E-state index in [0.717, 1.165) is 34.4 Å². The van der Waals surface area contributed by atoms with Crippen LogP contribution in [-0.2, 0) is 11.2 Å². The van der Waals surface area contributed by atoms with Crippen molar-refractivity contribution in [3.8, 4) is 0 Å². The fourth-order valence-electron chi connectivity index (χ4n) is 3.46. The number of thiophene rings is 1. The average Bonchev–Trinajstić information content (AvgIpc) is 2.99. The van der Waals surface area contributed by atoms with Gasteiger partial charge in [-0.05, 0) is 18.1 Å². The molecular weight excluding hydrogens is 364 g/mol. The third-order valence-electron chi connectivity index (χ3n) is 4.82. The lowest BCUT2D eigenvalue weighted by Crippen LogP contribution is -2.49. The number of fused-ring (bicyclic) bond motifs is 1. The molecule has 27 heavy (non-hydrogen) atoms. The first-order valence-electron chi connectivity index (χ1n) is 9.20. The molecule has 9 heteroatoms. The highest BCUT2D eigenvalue weighted by molar-refractivity contribution is 7.21. The predicted octanol–water partition coefficient (Wildman–Crippen LogP) is 0.927. The van der Waals surface area contributed by atoms with E-state index in [1.54, 1.807) is 0 Å². The Morgan fingerprint density at radius 3 is 2.56 bits per heavy atom. The number of pyridine rings is 1. The smallest absolute Gasteiger partial charge is 0.260 e. The SMILES string of the molecule is CCCc1cc(N2CCN(C(=O)CCN)CC2)nc2sc(C(N)=O)c(N)c12. The van der Waals surface area contributed by atoms with Crippen LogP contribution in [0.3, 0.4) is 0 Å². The van der Waals surface area contributed by atoms with Gasteiger partial charge in [-0.3, -0.25) is 9.59 Å². The molecule has 2 aromatic rings. The summed E-state index contributed by atoms with van der Waals surface area (Å²) in [5.74, 6) is 0.435. The summed E-state index contributed by atoms with van der Waals surface area (Å²) in [7, 11) is 0. The molecule has 3 heterocycles. The monoisotopic (exact) mass is 390 g/mol. The first-order chi connectivity index (χ1) is 13.0. The van der Waals surface area contributed by atoms with Crippen molar-refractivity contribution in [2.24, 2.45) is 11.5 Å². The number of nitrogen functional groups attached to an aromatic ring is 1. The normalized spacial score (nSPS) is 14.7. The first kappa shape index (κ1) is 19.4. The second-order valence-electron chi connectivity index (χ2n) is 6.69. The van der Waals surface area contributed by atoms with Gasteiger partial charge in [0.2, 0.25) is 5.91 Å². The van der Waals surface area contributed by atoms with E-state index in [2.05, 4.69) is 17.9 Å². The molecule has 6 N–H and O–H groups in total. The van der Waals surface area contributed by atoms with Crippen LogP contribution in [0.5, 0.6) is 0 Å². The van der Waals surface area contributed by atoms with Crippen molar-refractivity contribution in [3.63, 3.8) is 0 Å². The van der Waals surface area contributed by atoms with Crippen LogP contribution in [0.1, 0.15) is 35.0 Å². The van der Waals surface area contributed by atoms with Gasteiger partial charge < -0.3 is 27.0 Å². The molecule has 0 aromatic carbocycles. The van der Waals surface area contributed by atoms with Gasteiger partial charge >= 0.3 is 0 Å². The molecule has 0 aliphatic carbocycles. The Kier molecular flexibility index (Phi) is 5.81. The zero-order valence-electron chi connectivity index (χ0n) is 15.5. The Labute approximate surface area is 162 Å². The number of piperazine rings is 1. The maximum Gasteiger partial charge on any atom is 0.260 e. The van der Waals surface area contributed by atoms with Crippen LogP contribution in [-0.4, -0.2) is 54.4 Å². The third kappa shape index (κ3) is 3.84. The quantitative estimate of drug-likeness (QED) is 0.672. The number of carbonyl (C=O) groups is 2. The Bertz CT molecular complexity index is 857. The minimum absolute atomic E-state index is 0.101. The summed E-state index contributed by atoms with van der Waals surface area (Å²) in [6, 6.07) is 2.05. The molecular formula is C18H26N6O2S. The lowest BCUT2D eigenvalue weighted by atomic mass is 10.1. The van der Waals surface area contributed by atoms with Gasteiger partial charge in [0.25, 0.3) is 5.91 Å². The minimum Gasteiger partial charge on any atom is -0.397 e. The summed E-state index contributed by atoms with van der Waals surface area (Å²) in [5.41, 5.74) is 18.6. The zero-order valence-corrected chi connectivity index (χ0v) is 16.3. The number of nitrogens with zero attached hydrogens (tertiary/aromatic N) is 3. The van der Waals surface area contributed by atoms with Crippen molar-refractivity contribution < 1.29 is 9.59 Å². The minimum atomic E-state index is -0.522. The summed E-state index contributed by atoms with van der Waals surface area (Å²) in [6.07, 6.45) is 2.19. The number of aromatic nitrogens is 1. The summed E-state index contributed by atoms with van der Waals surface area (Å²) in [6.45, 7) is 5.21. The van der Waals surface area contributed by atoms with Crippen LogP contribution < -0.4 is 22.1 Å². The second kappa shape index (κ2) is 8.10. The highest BCUT2D eigenvalue weighted by Gasteiger charge is 2.24. The summed E-state index contributed by atoms with van der Waals surface area (Å²) in [5, 5.41) is 0.844. The molecule has 1 aliphatic rings. The van der Waals surface area contributed by atoms with Crippen molar-refractivity contribution in [1.29, 1.82) is 0 Å². The van der Waals surface area contributed by atoms with Gasteiger partial charge in [0.15, 0.2) is 0 Å². The van der Waals surface area contributed by atoms with E-state index in [1.807, 2.05) is 4.90 Å². The molecule has 146 valence electrons. The molecule has 0 spiro atoms. The van der Waals surface area contributed by atoms with E-state index in [-0.39, 0.29) is 5.91 Å². The molecule has 8 nitrogen and oxygen atoms in total. The highest BCUT2D eigenvalue weighted by Crippen LogP contribution is 2.37. The Hall–Kier alpha value is -2.39. The van der Waals surface area contributed by atoms with E-state index in [1.165, 1.54) is 11.3 Å². The Morgan fingerprint density at radius 2 is 1.96 bits per heavy atom. The summed E-state index contributed by atoms with van der Waals surface area (Å²) >= 11 is 1.25. The van der Waals surface area contributed by atoms with Gasteiger partial charge in [0, 0.05) is 44.5 Å². The molecule has 0 unspecified atom stereocenters. The van der Waals surface area contributed by atoms with Gasteiger partial charge in [-0.2, -0.15) is 0 Å². The fourth-order valence-corrected chi connectivity index (χ4v) is 4.45. The number of carbonyl (C=O) groups excluding carboxylic acids is 2. The van der Waals surface area contributed by atoms with Gasteiger partial charge in [-0.25, -0.2) is 4.98 Å². The molecule has 1 fully saturated rings. The van der Waals surface area contributed by atoms with Crippen LogP contribution in [0.4, 0.5) is 11.5 Å². The molecule has 0 radical (unpaired) electrons. The van der Waals surface area contributed by atoms with Crippen molar-refractivity contribution in [2.45, 2.75) is 26.2 Å². The number of amides is 2. The molecule has 3 rings (SSSR count). The molecule has 0 saturated carbocycles. The van der Waals surface area contributed by atoms with E-state index in [4.69, 9.17) is 22.2 Å². The van der Waals surface area contributed by atoms with Crippen molar-refractivity contribution in [2.75, 3.05) is 43.4 Å². The first-order valence-corrected chi connectivity index (χ1v) is 10.0. The number of aryl methyl sites for hydroxylation is 1. The average molecular weight is 391 g/mol. The van der Waals surface area contributed by atoms with Crippen LogP contribution in [0, 0.1) is 0 Å². The molecule has 2 aromatic heterocycles. The lowest BCUT2D eigenvalue weighted by Gasteiger charge is -2.35. The van der Waals surface area contributed by atoms with E-state index >= 15 is 0 Å². The zero-order chi connectivity index (χ0) is 19.6. The van der Waals surface area contributed by atoms with E-state index in [0.29, 0.717) is 49.7 Å². The van der Waals surface area contributed by atoms with Crippen LogP contribution in [0.2, 0.25) is 0 Å². The van der Waals surface area contributed by atoms with Gasteiger partial charge in [0.05, 0.1) is 5.69 Å². The number of rotatable bonds is 6. The number of nitrogens with two attached hydrogens (primary N) is 3. The van der Waals surface area contributed by atoms with E-state index in [9.17, 15) is 9.59 Å². The van der Waals surface area contributed by atoms with Crippen LogP contribution >= 0.6 is 11.3 Å². The number of hydrogen-bond acceptors (Lipinski definition) is 7. The molecule has 1 aliphatic heterocycles. The van der Waals surface area contributed by atoms with E-state index < -0.39 is 5.91 Å². The maximum absolute atomic E-state index is 12.0. The maximum atomic E-state index is 12.0. The lowest BCUT2D eigenvalue weighted by molar-refractivity contribution is -0.131. The number of anilines is 2. The molecule has 0 bridgehead atoms. The number of primary amides is 1. The predicted molar refractivity (Wildman–Crippen MR) is 109 cm³/mol. The molecule has 0 atom stereocenters. The third-order valence-corrected chi connectivity index (χ3v) is 5.94. The van der Waals surface area contributed by atoms with Gasteiger partial charge in [-0.15, -0.1) is 11.3 Å². The standard InChI is InChI=1S/C18H26N6O2S/c1-2-3-11-10-12(22-18-14(11)15(20)16(27-18)17(21)26)23-6-8-24(9-7-23)13(25)4-5-19/h10H,2-9,19-20H2,1H3,(H2,21,26). The Morgan fingerprint density at radius 1 is 1.26 bits per heavy atom. The molecule has 2 amide bonds. The summed E-state index contributed by atoms with van der Waals surface area (Å²) in [4.78, 5) is 33.6. The largest absolute Gasteiger partial charge is 0.397 e. The Balaban J connectivity index is 1.89. The van der Waals surface area contributed by atoms with Crippen molar-refractivity contribution in [3.05, 3.63) is 16.5 Å². The molecule has 1 saturated heterocycles. The number of hydrogen-bond donors (Lipinski definition) is 3. The topological polar surface area (TPSA) is 132 Å². The second-order valence-corrected chi connectivity index (χ2v) is 7.68. The van der Waals surface area contributed by atoms with Gasteiger partial charge in [0.1, 0.15) is 15.5 Å². The fraction of sp³-hybridized carbons (Fsp3) is 0.500. The highest BCUT2D eigenvalue weighted by atomic mass is 32.1. The van der Waals surface area contributed by atoms with Crippen LogP contribution in [0.15, 0.2) is 6.07 Å².